The van der Waals surface area contributed by atoms with E-state index < -0.39 is 17.6 Å². The topological polar surface area (TPSA) is 75.1 Å². The molecule has 1 saturated carbocycles. The summed E-state index contributed by atoms with van der Waals surface area (Å²) in [5, 5.41) is 8.69. The van der Waals surface area contributed by atoms with Crippen molar-refractivity contribution in [3.05, 3.63) is 65.0 Å². The maximum atomic E-state index is 14.9. The highest BCUT2D eigenvalue weighted by Gasteiger charge is 2.28. The Hall–Kier alpha value is -3.33. The number of aromatic nitrogens is 4. The number of amides is 1. The first-order valence-corrected chi connectivity index (χ1v) is 10.4. The third-order valence-electron chi connectivity index (χ3n) is 5.71. The SMILES string of the molecule is CC1CC(NC(=O)c2ccn3c(Cl)c(-c4c(F)cc(F)cc4-c4cn[nH]c4F)nc3c2)C1. The van der Waals surface area contributed by atoms with E-state index in [2.05, 4.69) is 27.4 Å². The number of H-pyrrole nitrogens is 1. The number of carbonyl (C=O) groups excluding carboxylic acids is 1. The molecule has 2 N–H and O–H groups in total. The average Bonchev–Trinajstić information content (AvgIpc) is 3.29. The Morgan fingerprint density at radius 1 is 1.22 bits per heavy atom. The summed E-state index contributed by atoms with van der Waals surface area (Å²) in [6.45, 7) is 2.13. The minimum atomic E-state index is -0.956. The van der Waals surface area contributed by atoms with Crippen LogP contribution < -0.4 is 5.32 Å². The lowest BCUT2D eigenvalue weighted by molar-refractivity contribution is 0.0896. The molecule has 3 aromatic heterocycles. The summed E-state index contributed by atoms with van der Waals surface area (Å²) in [7, 11) is 0. The molecule has 0 atom stereocenters. The number of nitrogens with one attached hydrogen (secondary N) is 2. The number of rotatable bonds is 4. The number of carbonyl (C=O) groups is 1. The smallest absolute Gasteiger partial charge is 0.251 e. The van der Waals surface area contributed by atoms with Crippen LogP contribution in [-0.2, 0) is 0 Å². The summed E-state index contributed by atoms with van der Waals surface area (Å²) in [5.41, 5.74) is 0.283. The predicted molar refractivity (Wildman–Crippen MR) is 113 cm³/mol. The summed E-state index contributed by atoms with van der Waals surface area (Å²) in [6.07, 6.45) is 4.54. The molecule has 1 aliphatic rings. The van der Waals surface area contributed by atoms with Gasteiger partial charge in [0.05, 0.1) is 11.8 Å². The van der Waals surface area contributed by atoms with Gasteiger partial charge in [-0.2, -0.15) is 9.49 Å². The van der Waals surface area contributed by atoms with E-state index in [0.29, 0.717) is 23.2 Å². The number of halogens is 4. The number of hydrogen-bond acceptors (Lipinski definition) is 3. The largest absolute Gasteiger partial charge is 0.349 e. The zero-order valence-corrected chi connectivity index (χ0v) is 17.6. The first-order valence-electron chi connectivity index (χ1n) is 9.99. The van der Waals surface area contributed by atoms with Gasteiger partial charge in [-0.15, -0.1) is 0 Å². The molecule has 1 fully saturated rings. The van der Waals surface area contributed by atoms with Crippen molar-refractivity contribution in [1.82, 2.24) is 24.9 Å². The zero-order valence-electron chi connectivity index (χ0n) is 16.8. The van der Waals surface area contributed by atoms with Crippen LogP contribution in [0.5, 0.6) is 0 Å². The molecule has 10 heteroatoms. The summed E-state index contributed by atoms with van der Waals surface area (Å²) in [5.74, 6) is -2.33. The second kappa shape index (κ2) is 7.67. The Kier molecular flexibility index (Phi) is 4.93. The van der Waals surface area contributed by atoms with E-state index in [1.807, 2.05) is 0 Å². The van der Waals surface area contributed by atoms with Gasteiger partial charge in [0.25, 0.3) is 5.91 Å². The van der Waals surface area contributed by atoms with E-state index in [1.54, 1.807) is 12.3 Å². The van der Waals surface area contributed by atoms with Crippen LogP contribution in [-0.4, -0.2) is 31.5 Å². The minimum Gasteiger partial charge on any atom is -0.349 e. The van der Waals surface area contributed by atoms with E-state index in [4.69, 9.17) is 11.6 Å². The molecule has 6 nitrogen and oxygen atoms in total. The summed E-state index contributed by atoms with van der Waals surface area (Å²) in [4.78, 5) is 16.9. The normalized spacial score (nSPS) is 18.0. The molecule has 1 amide bonds. The van der Waals surface area contributed by atoms with Gasteiger partial charge in [0.15, 0.2) is 0 Å². The molecule has 5 rings (SSSR count). The fourth-order valence-corrected chi connectivity index (χ4v) is 4.37. The Labute approximate surface area is 185 Å². The number of imidazole rings is 1. The van der Waals surface area contributed by atoms with Gasteiger partial charge in [-0.3, -0.25) is 14.3 Å². The Morgan fingerprint density at radius 2 is 2.00 bits per heavy atom. The first-order chi connectivity index (χ1) is 15.3. The van der Waals surface area contributed by atoms with Crippen molar-refractivity contribution in [2.75, 3.05) is 0 Å². The van der Waals surface area contributed by atoms with Crippen LogP contribution in [0.2, 0.25) is 5.15 Å². The Balaban J connectivity index is 1.59. The van der Waals surface area contributed by atoms with Crippen molar-refractivity contribution in [3.63, 3.8) is 0 Å². The lowest BCUT2D eigenvalue weighted by Gasteiger charge is -2.33. The molecule has 3 heterocycles. The molecule has 0 unspecified atom stereocenters. The molecule has 0 saturated heterocycles. The second-order valence-corrected chi connectivity index (χ2v) is 8.41. The maximum Gasteiger partial charge on any atom is 0.251 e. The van der Waals surface area contributed by atoms with Crippen LogP contribution in [0.15, 0.2) is 36.7 Å². The van der Waals surface area contributed by atoms with E-state index in [-0.39, 0.29) is 39.5 Å². The standard InChI is InChI=1S/C22H17ClF3N5O/c1-10-4-13(5-10)28-22(32)11-2-3-31-17(6-11)29-19(20(31)23)18-14(7-12(24)8-16(18)25)15-9-27-30-21(15)26/h2-3,6-10,13H,4-5H2,1H3,(H,27,30)(H,28,32). The highest BCUT2D eigenvalue weighted by Crippen LogP contribution is 2.39. The van der Waals surface area contributed by atoms with Gasteiger partial charge in [0, 0.05) is 35.0 Å². The van der Waals surface area contributed by atoms with Gasteiger partial charge >= 0.3 is 0 Å². The number of fused-ring (bicyclic) bond motifs is 1. The van der Waals surface area contributed by atoms with Crippen molar-refractivity contribution >= 4 is 23.2 Å². The van der Waals surface area contributed by atoms with Gasteiger partial charge in [0.1, 0.15) is 28.1 Å². The van der Waals surface area contributed by atoms with Crippen LogP contribution in [0, 0.1) is 23.5 Å². The van der Waals surface area contributed by atoms with Crippen LogP contribution in [0.1, 0.15) is 30.1 Å². The number of aromatic amines is 1. The zero-order chi connectivity index (χ0) is 22.6. The molecule has 0 spiro atoms. The Morgan fingerprint density at radius 3 is 2.69 bits per heavy atom. The number of nitrogens with zero attached hydrogens (tertiary/aromatic N) is 3. The van der Waals surface area contributed by atoms with Gasteiger partial charge in [-0.1, -0.05) is 18.5 Å². The average molecular weight is 460 g/mol. The fraction of sp³-hybridized carbons (Fsp3) is 0.227. The van der Waals surface area contributed by atoms with Gasteiger partial charge in [0.2, 0.25) is 5.95 Å². The second-order valence-electron chi connectivity index (χ2n) is 8.05. The van der Waals surface area contributed by atoms with Crippen LogP contribution in [0.25, 0.3) is 28.0 Å². The highest BCUT2D eigenvalue weighted by atomic mass is 35.5. The third kappa shape index (κ3) is 3.42. The lowest BCUT2D eigenvalue weighted by atomic mass is 9.82. The summed E-state index contributed by atoms with van der Waals surface area (Å²) in [6, 6.07) is 4.93. The van der Waals surface area contributed by atoms with Gasteiger partial charge in [-0.25, -0.2) is 13.8 Å². The molecule has 0 bridgehead atoms. The van der Waals surface area contributed by atoms with Crippen molar-refractivity contribution in [2.45, 2.75) is 25.8 Å². The molecular formula is C22H17ClF3N5O. The van der Waals surface area contributed by atoms with Crippen molar-refractivity contribution in [1.29, 1.82) is 0 Å². The van der Waals surface area contributed by atoms with E-state index in [1.165, 1.54) is 10.5 Å². The van der Waals surface area contributed by atoms with E-state index in [9.17, 15) is 18.0 Å². The minimum absolute atomic E-state index is 0.00913. The molecule has 1 aliphatic carbocycles. The summed E-state index contributed by atoms with van der Waals surface area (Å²) >= 11 is 6.46. The van der Waals surface area contributed by atoms with E-state index >= 15 is 0 Å². The highest BCUT2D eigenvalue weighted by molar-refractivity contribution is 6.32. The lowest BCUT2D eigenvalue weighted by Crippen LogP contribution is -2.43. The monoisotopic (exact) mass is 459 g/mol. The van der Waals surface area contributed by atoms with Gasteiger partial charge < -0.3 is 5.32 Å². The van der Waals surface area contributed by atoms with Crippen LogP contribution in [0.4, 0.5) is 13.2 Å². The molecule has 1 aromatic carbocycles. The molecule has 164 valence electrons. The third-order valence-corrected chi connectivity index (χ3v) is 6.07. The van der Waals surface area contributed by atoms with Crippen molar-refractivity contribution in [3.8, 4) is 22.4 Å². The molecule has 32 heavy (non-hydrogen) atoms. The maximum absolute atomic E-state index is 14.9. The van der Waals surface area contributed by atoms with Crippen molar-refractivity contribution < 1.29 is 18.0 Å². The summed E-state index contributed by atoms with van der Waals surface area (Å²) < 4.78 is 44.5. The molecular weight excluding hydrogens is 443 g/mol. The molecule has 0 aliphatic heterocycles. The number of hydrogen-bond donors (Lipinski definition) is 2. The quantitative estimate of drug-likeness (QED) is 0.451. The molecule has 0 radical (unpaired) electrons. The molecule has 4 aromatic rings. The number of benzene rings is 1. The van der Waals surface area contributed by atoms with Gasteiger partial charge in [-0.05, 0) is 37.0 Å². The van der Waals surface area contributed by atoms with Crippen LogP contribution in [0.3, 0.4) is 0 Å². The first kappa shape index (κ1) is 20.6. The Bertz CT molecular complexity index is 1360. The predicted octanol–water partition coefficient (Wildman–Crippen LogP) is 4.99. The van der Waals surface area contributed by atoms with Crippen molar-refractivity contribution in [2.24, 2.45) is 5.92 Å². The number of pyridine rings is 1. The van der Waals surface area contributed by atoms with E-state index in [0.717, 1.165) is 25.1 Å². The van der Waals surface area contributed by atoms with Crippen LogP contribution >= 0.6 is 11.6 Å². The fourth-order valence-electron chi connectivity index (χ4n) is 4.09.